The second kappa shape index (κ2) is 4.72. The summed E-state index contributed by atoms with van der Waals surface area (Å²) >= 11 is 0. The van der Waals surface area contributed by atoms with Gasteiger partial charge in [-0.15, -0.1) is 0 Å². The Bertz CT molecular complexity index is 406. The van der Waals surface area contributed by atoms with Crippen molar-refractivity contribution in [1.29, 1.82) is 0 Å². The van der Waals surface area contributed by atoms with E-state index >= 15 is 0 Å². The lowest BCUT2D eigenvalue weighted by molar-refractivity contribution is -0.133. The van der Waals surface area contributed by atoms with Gasteiger partial charge in [-0.25, -0.2) is 0 Å². The minimum atomic E-state index is 0.233. The summed E-state index contributed by atoms with van der Waals surface area (Å²) in [6.45, 7) is 9.88. The molecule has 2 saturated carbocycles. The molecule has 1 saturated heterocycles. The Hall–Kier alpha value is -0.570. The maximum absolute atomic E-state index is 12.2. The van der Waals surface area contributed by atoms with Crippen LogP contribution in [0.1, 0.15) is 59.8 Å². The summed E-state index contributed by atoms with van der Waals surface area (Å²) in [4.78, 5) is 12.2. The molecule has 1 heterocycles. The van der Waals surface area contributed by atoms with Gasteiger partial charge in [0, 0.05) is 19.1 Å². The molecule has 3 aliphatic rings. The van der Waals surface area contributed by atoms with Crippen LogP contribution in [0.2, 0.25) is 0 Å². The van der Waals surface area contributed by atoms with Crippen molar-refractivity contribution in [1.82, 2.24) is 5.32 Å². The van der Waals surface area contributed by atoms with E-state index in [-0.39, 0.29) is 11.3 Å². The van der Waals surface area contributed by atoms with E-state index in [1.54, 1.807) is 0 Å². The molecule has 0 aromatic carbocycles. The highest BCUT2D eigenvalue weighted by Crippen LogP contribution is 2.68. The quantitative estimate of drug-likeness (QED) is 0.862. The van der Waals surface area contributed by atoms with E-state index in [1.165, 1.54) is 12.8 Å². The molecular weight excluding hydrogens is 250 g/mol. The molecule has 2 bridgehead atoms. The van der Waals surface area contributed by atoms with E-state index in [1.807, 2.05) is 0 Å². The van der Waals surface area contributed by atoms with Gasteiger partial charge in [-0.05, 0) is 55.3 Å². The Labute approximate surface area is 122 Å². The third-order valence-electron chi connectivity index (χ3n) is 6.57. The summed E-state index contributed by atoms with van der Waals surface area (Å²) in [6.07, 6.45) is 5.64. The zero-order valence-corrected chi connectivity index (χ0v) is 13.4. The molecule has 5 atom stereocenters. The van der Waals surface area contributed by atoms with E-state index in [2.05, 4.69) is 33.0 Å². The van der Waals surface area contributed by atoms with Crippen LogP contribution < -0.4 is 5.32 Å². The molecule has 1 unspecified atom stereocenters. The fourth-order valence-corrected chi connectivity index (χ4v) is 5.54. The maximum atomic E-state index is 12.2. The van der Waals surface area contributed by atoms with Crippen LogP contribution >= 0.6 is 0 Å². The zero-order valence-electron chi connectivity index (χ0n) is 13.4. The first-order valence-electron chi connectivity index (χ1n) is 8.33. The predicted molar refractivity (Wildman–Crippen MR) is 79.3 cm³/mol. The number of fused-ring (bicyclic) bond motifs is 1. The van der Waals surface area contributed by atoms with Crippen LogP contribution in [0, 0.1) is 22.7 Å². The SMILES string of the molecule is CCCC(=O)N[C@@H]1C(C)(C)[C@@H]2C[C@@H]3[C@@H](C)OCCC31C2. The third kappa shape index (κ3) is 1.85. The molecule has 1 N–H and O–H groups in total. The normalized spacial score (nSPS) is 45.2. The average molecular weight is 279 g/mol. The van der Waals surface area contributed by atoms with Crippen molar-refractivity contribution in [2.75, 3.05) is 6.61 Å². The summed E-state index contributed by atoms with van der Waals surface area (Å²) < 4.78 is 5.90. The predicted octanol–water partition coefficient (Wildman–Crippen LogP) is 3.13. The van der Waals surface area contributed by atoms with Gasteiger partial charge in [0.05, 0.1) is 6.10 Å². The first kappa shape index (κ1) is 14.4. The van der Waals surface area contributed by atoms with Gasteiger partial charge in [-0.3, -0.25) is 4.79 Å². The van der Waals surface area contributed by atoms with Gasteiger partial charge in [0.15, 0.2) is 0 Å². The van der Waals surface area contributed by atoms with Crippen molar-refractivity contribution in [2.24, 2.45) is 22.7 Å². The lowest BCUT2D eigenvalue weighted by atomic mass is 9.59. The minimum absolute atomic E-state index is 0.233. The Morgan fingerprint density at radius 2 is 2.15 bits per heavy atom. The van der Waals surface area contributed by atoms with Crippen molar-refractivity contribution < 1.29 is 9.53 Å². The maximum Gasteiger partial charge on any atom is 0.220 e. The van der Waals surface area contributed by atoms with E-state index < -0.39 is 0 Å². The first-order valence-corrected chi connectivity index (χ1v) is 8.33. The lowest BCUT2D eigenvalue weighted by Gasteiger charge is -2.52. The molecule has 3 nitrogen and oxygen atoms in total. The highest BCUT2D eigenvalue weighted by Gasteiger charge is 2.67. The smallest absolute Gasteiger partial charge is 0.220 e. The van der Waals surface area contributed by atoms with Crippen LogP contribution in [0.25, 0.3) is 0 Å². The monoisotopic (exact) mass is 279 g/mol. The van der Waals surface area contributed by atoms with E-state index in [0.717, 1.165) is 25.4 Å². The number of hydrogen-bond acceptors (Lipinski definition) is 2. The number of carbonyl (C=O) groups is 1. The number of ether oxygens (including phenoxy) is 1. The Morgan fingerprint density at radius 1 is 1.40 bits per heavy atom. The van der Waals surface area contributed by atoms with Crippen molar-refractivity contribution in [3.05, 3.63) is 0 Å². The number of amides is 1. The van der Waals surface area contributed by atoms with Crippen LogP contribution in [0.15, 0.2) is 0 Å². The van der Waals surface area contributed by atoms with Gasteiger partial charge in [-0.2, -0.15) is 0 Å². The fourth-order valence-electron chi connectivity index (χ4n) is 5.54. The molecule has 3 heteroatoms. The van der Waals surface area contributed by atoms with E-state index in [4.69, 9.17) is 4.74 Å². The molecule has 0 aromatic heterocycles. The molecule has 0 radical (unpaired) electrons. The summed E-state index contributed by atoms with van der Waals surface area (Å²) in [5.41, 5.74) is 0.534. The van der Waals surface area contributed by atoms with Gasteiger partial charge >= 0.3 is 0 Å². The van der Waals surface area contributed by atoms with E-state index in [9.17, 15) is 4.79 Å². The zero-order chi connectivity index (χ0) is 14.5. The van der Waals surface area contributed by atoms with Crippen molar-refractivity contribution >= 4 is 5.91 Å². The van der Waals surface area contributed by atoms with Gasteiger partial charge in [0.1, 0.15) is 0 Å². The second-order valence-electron chi connectivity index (χ2n) is 7.87. The Balaban J connectivity index is 1.88. The van der Waals surface area contributed by atoms with Crippen LogP contribution in [0.5, 0.6) is 0 Å². The number of nitrogens with one attached hydrogen (secondary N) is 1. The van der Waals surface area contributed by atoms with Crippen molar-refractivity contribution in [3.8, 4) is 0 Å². The highest BCUT2D eigenvalue weighted by molar-refractivity contribution is 5.76. The first-order chi connectivity index (χ1) is 9.41. The minimum Gasteiger partial charge on any atom is -0.378 e. The number of hydrogen-bond donors (Lipinski definition) is 1. The molecule has 2 aliphatic carbocycles. The molecule has 114 valence electrons. The van der Waals surface area contributed by atoms with Crippen molar-refractivity contribution in [2.45, 2.75) is 71.9 Å². The van der Waals surface area contributed by atoms with Crippen molar-refractivity contribution in [3.63, 3.8) is 0 Å². The Morgan fingerprint density at radius 3 is 2.85 bits per heavy atom. The van der Waals surface area contributed by atoms with Gasteiger partial charge in [0.25, 0.3) is 0 Å². The Kier molecular flexibility index (Phi) is 3.39. The average Bonchev–Trinajstić information content (AvgIpc) is 2.85. The van der Waals surface area contributed by atoms with Crippen LogP contribution in [0.4, 0.5) is 0 Å². The van der Waals surface area contributed by atoms with Crippen LogP contribution in [-0.2, 0) is 9.53 Å². The standard InChI is InChI=1S/C17H29NO2/c1-5-6-14(19)18-15-16(3,4)12-9-13-11(2)20-8-7-17(13,15)10-12/h11-13,15H,5-10H2,1-4H3,(H,18,19)/t11-,12-,13-,15-,17?/m1/s1. The number of carbonyl (C=O) groups excluding carboxylic acids is 1. The summed E-state index contributed by atoms with van der Waals surface area (Å²) in [7, 11) is 0. The topological polar surface area (TPSA) is 38.3 Å². The molecule has 3 fully saturated rings. The molecular formula is C17H29NO2. The van der Waals surface area contributed by atoms with Gasteiger partial charge in [0.2, 0.25) is 5.91 Å². The lowest BCUT2D eigenvalue weighted by Crippen LogP contribution is -2.59. The molecule has 1 amide bonds. The second-order valence-corrected chi connectivity index (χ2v) is 7.87. The molecule has 20 heavy (non-hydrogen) atoms. The van der Waals surface area contributed by atoms with Crippen LogP contribution in [0.3, 0.4) is 0 Å². The van der Waals surface area contributed by atoms with Crippen LogP contribution in [-0.4, -0.2) is 24.7 Å². The molecule has 1 spiro atoms. The third-order valence-corrected chi connectivity index (χ3v) is 6.57. The largest absolute Gasteiger partial charge is 0.378 e. The molecule has 0 aromatic rings. The van der Waals surface area contributed by atoms with Gasteiger partial charge in [-0.1, -0.05) is 20.8 Å². The van der Waals surface area contributed by atoms with E-state index in [0.29, 0.717) is 29.9 Å². The van der Waals surface area contributed by atoms with Gasteiger partial charge < -0.3 is 10.1 Å². The summed E-state index contributed by atoms with van der Waals surface area (Å²) in [5, 5.41) is 3.42. The molecule has 1 aliphatic heterocycles. The summed E-state index contributed by atoms with van der Waals surface area (Å²) in [5.74, 6) is 1.62. The summed E-state index contributed by atoms with van der Waals surface area (Å²) in [6, 6.07) is 0.337. The fraction of sp³-hybridized carbons (Fsp3) is 0.941. The number of rotatable bonds is 3. The molecule has 3 rings (SSSR count). The highest BCUT2D eigenvalue weighted by atomic mass is 16.5.